The van der Waals surface area contributed by atoms with E-state index in [9.17, 15) is 9.18 Å². The number of piperidine rings is 1. The molecule has 1 atom stereocenters. The maximum atomic E-state index is 13.6. The predicted octanol–water partition coefficient (Wildman–Crippen LogP) is 4.15. The van der Waals surface area contributed by atoms with E-state index in [-0.39, 0.29) is 17.6 Å². The van der Waals surface area contributed by atoms with Crippen LogP contribution in [0.25, 0.3) is 16.7 Å². The largest absolute Gasteiger partial charge is 0.381 e. The van der Waals surface area contributed by atoms with Crippen LogP contribution in [0.15, 0.2) is 36.4 Å². The van der Waals surface area contributed by atoms with Gasteiger partial charge in [0.05, 0.1) is 17.6 Å². The number of nitrogens with one attached hydrogen (secondary N) is 1. The molecule has 1 unspecified atom stereocenters. The first-order chi connectivity index (χ1) is 16.0. The third kappa shape index (κ3) is 4.47. The smallest absolute Gasteiger partial charge is 0.223 e. The number of aromatic nitrogens is 2. The van der Waals surface area contributed by atoms with Crippen molar-refractivity contribution >= 4 is 22.9 Å². The van der Waals surface area contributed by atoms with Gasteiger partial charge in [-0.05, 0) is 80.6 Å². The van der Waals surface area contributed by atoms with E-state index in [1.807, 2.05) is 0 Å². The van der Waals surface area contributed by atoms with Crippen LogP contribution >= 0.6 is 0 Å². The SMILES string of the molecule is Cc1cc2nc(N3CCC(C(=O)NCC4CCOC4)CC3)n(-c3ccc(F)cc3)c2cc1C. The summed E-state index contributed by atoms with van der Waals surface area (Å²) < 4.78 is 21.1. The normalized spacial score (nSPS) is 19.4. The van der Waals surface area contributed by atoms with Crippen LogP contribution < -0.4 is 10.2 Å². The number of imidazole rings is 1. The van der Waals surface area contributed by atoms with Crippen molar-refractivity contribution in [1.82, 2.24) is 14.9 Å². The fourth-order valence-electron chi connectivity index (χ4n) is 4.85. The Morgan fingerprint density at radius 2 is 1.85 bits per heavy atom. The standard InChI is InChI=1S/C26H31FN4O2/c1-17-13-23-24(14-18(17)2)31(22-5-3-21(27)4-6-22)26(29-23)30-10-7-20(8-11-30)25(32)28-15-19-9-12-33-16-19/h3-6,13-14,19-20H,7-12,15-16H2,1-2H3,(H,28,32). The molecule has 3 heterocycles. The Kier molecular flexibility index (Phi) is 6.06. The van der Waals surface area contributed by atoms with Crippen molar-refractivity contribution in [3.63, 3.8) is 0 Å². The number of fused-ring (bicyclic) bond motifs is 1. The van der Waals surface area contributed by atoms with E-state index >= 15 is 0 Å². The van der Waals surface area contributed by atoms with E-state index in [4.69, 9.17) is 9.72 Å². The molecule has 0 radical (unpaired) electrons. The first-order valence-electron chi connectivity index (χ1n) is 11.9. The van der Waals surface area contributed by atoms with Crippen molar-refractivity contribution in [2.75, 3.05) is 37.7 Å². The number of carbonyl (C=O) groups is 1. The molecule has 2 aliphatic rings. The summed E-state index contributed by atoms with van der Waals surface area (Å²) in [4.78, 5) is 19.9. The lowest BCUT2D eigenvalue weighted by atomic mass is 9.96. The molecule has 1 N–H and O–H groups in total. The monoisotopic (exact) mass is 450 g/mol. The average Bonchev–Trinajstić information content (AvgIpc) is 3.47. The number of rotatable bonds is 5. The number of hydrogen-bond donors (Lipinski definition) is 1. The first kappa shape index (κ1) is 21.9. The van der Waals surface area contributed by atoms with E-state index in [1.165, 1.54) is 23.3 Å². The Bertz CT molecular complexity index is 1140. The van der Waals surface area contributed by atoms with Gasteiger partial charge in [-0.15, -0.1) is 0 Å². The summed E-state index contributed by atoms with van der Waals surface area (Å²) in [6, 6.07) is 10.8. The van der Waals surface area contributed by atoms with Crippen LogP contribution in [0.4, 0.5) is 10.3 Å². The van der Waals surface area contributed by atoms with Crippen molar-refractivity contribution in [2.24, 2.45) is 11.8 Å². The van der Waals surface area contributed by atoms with Crippen molar-refractivity contribution in [3.8, 4) is 5.69 Å². The first-order valence-corrected chi connectivity index (χ1v) is 11.9. The number of aryl methyl sites for hydroxylation is 2. The van der Waals surface area contributed by atoms with Gasteiger partial charge in [0.1, 0.15) is 5.82 Å². The molecule has 2 saturated heterocycles. The van der Waals surface area contributed by atoms with Gasteiger partial charge in [-0.25, -0.2) is 9.37 Å². The molecule has 1 amide bonds. The molecule has 174 valence electrons. The molecule has 7 heteroatoms. The summed E-state index contributed by atoms with van der Waals surface area (Å²) >= 11 is 0. The van der Waals surface area contributed by atoms with E-state index in [2.05, 4.69) is 40.8 Å². The van der Waals surface area contributed by atoms with Gasteiger partial charge in [-0.2, -0.15) is 0 Å². The highest BCUT2D eigenvalue weighted by atomic mass is 19.1. The number of halogens is 1. The zero-order chi connectivity index (χ0) is 22.9. The Morgan fingerprint density at radius 3 is 2.55 bits per heavy atom. The predicted molar refractivity (Wildman–Crippen MR) is 127 cm³/mol. The number of amides is 1. The minimum Gasteiger partial charge on any atom is -0.381 e. The molecule has 5 rings (SSSR count). The molecule has 33 heavy (non-hydrogen) atoms. The van der Waals surface area contributed by atoms with E-state index in [1.54, 1.807) is 12.1 Å². The molecular formula is C26H31FN4O2. The van der Waals surface area contributed by atoms with Crippen molar-refractivity contribution in [2.45, 2.75) is 33.1 Å². The number of hydrogen-bond acceptors (Lipinski definition) is 4. The van der Waals surface area contributed by atoms with E-state index < -0.39 is 0 Å². The molecule has 1 aromatic heterocycles. The van der Waals surface area contributed by atoms with Crippen LogP contribution in [0.2, 0.25) is 0 Å². The quantitative estimate of drug-likeness (QED) is 0.635. The van der Waals surface area contributed by atoms with Crippen LogP contribution in [-0.2, 0) is 9.53 Å². The average molecular weight is 451 g/mol. The molecule has 2 aliphatic heterocycles. The third-order valence-corrected chi connectivity index (χ3v) is 7.07. The fourth-order valence-corrected chi connectivity index (χ4v) is 4.85. The van der Waals surface area contributed by atoms with Crippen LogP contribution in [0, 0.1) is 31.5 Å². The molecule has 0 spiro atoms. The Morgan fingerprint density at radius 1 is 1.12 bits per heavy atom. The summed E-state index contributed by atoms with van der Waals surface area (Å²) in [7, 11) is 0. The summed E-state index contributed by atoms with van der Waals surface area (Å²) in [6.07, 6.45) is 2.60. The molecule has 6 nitrogen and oxygen atoms in total. The van der Waals surface area contributed by atoms with Gasteiger partial charge < -0.3 is 15.0 Å². The summed E-state index contributed by atoms with van der Waals surface area (Å²) in [6.45, 7) is 7.95. The lowest BCUT2D eigenvalue weighted by Crippen LogP contribution is -2.42. The topological polar surface area (TPSA) is 59.4 Å². The molecule has 2 fully saturated rings. The summed E-state index contributed by atoms with van der Waals surface area (Å²) in [5.74, 6) is 1.21. The number of benzene rings is 2. The van der Waals surface area contributed by atoms with Gasteiger partial charge in [0, 0.05) is 43.8 Å². The van der Waals surface area contributed by atoms with Gasteiger partial charge in [0.15, 0.2) is 0 Å². The van der Waals surface area contributed by atoms with Gasteiger partial charge >= 0.3 is 0 Å². The molecule has 2 aromatic carbocycles. The zero-order valence-electron chi connectivity index (χ0n) is 19.3. The molecule has 3 aromatic rings. The van der Waals surface area contributed by atoms with Crippen LogP contribution in [0.5, 0.6) is 0 Å². The third-order valence-electron chi connectivity index (χ3n) is 7.07. The number of carbonyl (C=O) groups excluding carboxylic acids is 1. The Balaban J connectivity index is 1.37. The van der Waals surface area contributed by atoms with Gasteiger partial charge in [-0.3, -0.25) is 9.36 Å². The highest BCUT2D eigenvalue weighted by Gasteiger charge is 2.29. The molecular weight excluding hydrogens is 419 g/mol. The fraction of sp³-hybridized carbons (Fsp3) is 0.462. The lowest BCUT2D eigenvalue weighted by molar-refractivity contribution is -0.125. The van der Waals surface area contributed by atoms with Gasteiger partial charge in [-0.1, -0.05) is 0 Å². The highest BCUT2D eigenvalue weighted by molar-refractivity contribution is 5.83. The summed E-state index contributed by atoms with van der Waals surface area (Å²) in [5, 5.41) is 3.13. The lowest BCUT2D eigenvalue weighted by Gasteiger charge is -2.32. The zero-order valence-corrected chi connectivity index (χ0v) is 19.3. The minimum absolute atomic E-state index is 0.0247. The number of nitrogens with zero attached hydrogens (tertiary/aromatic N) is 3. The van der Waals surface area contributed by atoms with Gasteiger partial charge in [0.25, 0.3) is 0 Å². The van der Waals surface area contributed by atoms with Crippen LogP contribution in [0.3, 0.4) is 0 Å². The minimum atomic E-state index is -0.257. The molecule has 0 bridgehead atoms. The second-order valence-electron chi connectivity index (χ2n) is 9.38. The second-order valence-corrected chi connectivity index (χ2v) is 9.38. The Hall–Kier alpha value is -2.93. The molecule has 0 aliphatic carbocycles. The highest BCUT2D eigenvalue weighted by Crippen LogP contribution is 2.31. The number of ether oxygens (including phenoxy) is 1. The van der Waals surface area contributed by atoms with E-state index in [0.717, 1.165) is 68.2 Å². The van der Waals surface area contributed by atoms with Crippen molar-refractivity contribution in [1.29, 1.82) is 0 Å². The van der Waals surface area contributed by atoms with Crippen LogP contribution in [0.1, 0.15) is 30.4 Å². The van der Waals surface area contributed by atoms with Crippen molar-refractivity contribution in [3.05, 3.63) is 53.3 Å². The maximum Gasteiger partial charge on any atom is 0.223 e. The van der Waals surface area contributed by atoms with Crippen LogP contribution in [-0.4, -0.2) is 48.3 Å². The van der Waals surface area contributed by atoms with Crippen molar-refractivity contribution < 1.29 is 13.9 Å². The summed E-state index contributed by atoms with van der Waals surface area (Å²) in [5.41, 5.74) is 5.21. The Labute approximate surface area is 193 Å². The maximum absolute atomic E-state index is 13.6. The second kappa shape index (κ2) is 9.14. The van der Waals surface area contributed by atoms with E-state index in [0.29, 0.717) is 12.5 Å². The number of anilines is 1. The molecule has 0 saturated carbocycles. The van der Waals surface area contributed by atoms with Gasteiger partial charge in [0.2, 0.25) is 11.9 Å².